The topological polar surface area (TPSA) is 0 Å². The molecule has 0 N–H and O–H groups in total. The van der Waals surface area contributed by atoms with Crippen LogP contribution < -0.4 is 0 Å². The fourth-order valence-electron chi connectivity index (χ4n) is 0. The van der Waals surface area contributed by atoms with Gasteiger partial charge in [-0.1, -0.05) is 0 Å². The van der Waals surface area contributed by atoms with Crippen molar-refractivity contribution in [3.05, 3.63) is 0 Å². The molecule has 0 aromatic rings. The molecule has 0 amide bonds. The van der Waals surface area contributed by atoms with E-state index in [1.54, 1.807) is 0 Å². The average molecular weight is 355 g/mol. The molecule has 0 fully saturated rings. The van der Waals surface area contributed by atoms with E-state index in [1.807, 2.05) is 0 Å². The van der Waals surface area contributed by atoms with Crippen LogP contribution in [0.25, 0.3) is 0 Å². The summed E-state index contributed by atoms with van der Waals surface area (Å²) in [6.07, 6.45) is 0. The Kier molecular flexibility index (Phi) is 198. The summed E-state index contributed by atoms with van der Waals surface area (Å²) in [6, 6.07) is 0. The van der Waals surface area contributed by atoms with Gasteiger partial charge in [-0.25, -0.2) is 0 Å². The molecule has 0 saturated carbocycles. The standard InChI is InChI=1S/B.Co.Fe.Pr.Y. The number of hydrogen-bond acceptors (Lipinski definition) is 0. The van der Waals surface area contributed by atoms with Crippen LogP contribution in [0.5, 0.6) is 0 Å². The van der Waals surface area contributed by atoms with Crippen LogP contribution in [0.1, 0.15) is 0 Å². The molecule has 0 heterocycles. The van der Waals surface area contributed by atoms with E-state index >= 15 is 0 Å². The van der Waals surface area contributed by atoms with E-state index < -0.39 is 0 Å². The minimum atomic E-state index is 0. The van der Waals surface area contributed by atoms with Crippen molar-refractivity contribution in [2.24, 2.45) is 0 Å². The Labute approximate surface area is 113 Å². The molecule has 0 saturated heterocycles. The molecule has 0 nitrogen and oxygen atoms in total. The monoisotopic (exact) mass is 356 g/mol. The van der Waals surface area contributed by atoms with E-state index in [4.69, 9.17) is 0 Å². The van der Waals surface area contributed by atoms with Gasteiger partial charge >= 0.3 is 0 Å². The summed E-state index contributed by atoms with van der Waals surface area (Å²) in [7, 11) is 0. The van der Waals surface area contributed by atoms with Crippen LogP contribution in [0.2, 0.25) is 0 Å². The minimum Gasteiger partial charge on any atom is 0 e. The van der Waals surface area contributed by atoms with Gasteiger partial charge in [-0.15, -0.1) is 0 Å². The quantitative estimate of drug-likeness (QED) is 0.520. The van der Waals surface area contributed by atoms with Crippen molar-refractivity contribution >= 4 is 8.41 Å². The van der Waals surface area contributed by atoms with Gasteiger partial charge < -0.3 is 0 Å². The molecule has 0 rings (SSSR count). The van der Waals surface area contributed by atoms with Gasteiger partial charge in [0, 0.05) is 116 Å². The van der Waals surface area contributed by atoms with E-state index in [9.17, 15) is 0 Å². The van der Waals surface area contributed by atoms with Crippen molar-refractivity contribution < 1.29 is 108 Å². The Morgan fingerprint density at radius 3 is 1.00 bits per heavy atom. The van der Waals surface area contributed by atoms with Crippen molar-refractivity contribution in [1.29, 1.82) is 0 Å². The van der Waals surface area contributed by atoms with Crippen molar-refractivity contribution in [3.8, 4) is 0 Å². The molecule has 5 heavy (non-hydrogen) atoms. The van der Waals surface area contributed by atoms with Crippen LogP contribution in [-0.4, -0.2) is 8.41 Å². The summed E-state index contributed by atoms with van der Waals surface area (Å²) in [6.45, 7) is 0. The smallest absolute Gasteiger partial charge is 0 e. The van der Waals surface area contributed by atoms with Crippen LogP contribution in [0.15, 0.2) is 0 Å². The molecule has 0 bridgehead atoms. The SMILES string of the molecule is [B].[Co].[Fe].[Pr].[Y]. The maximum Gasteiger partial charge on any atom is 0 e. The Morgan fingerprint density at radius 2 is 1.00 bits per heavy atom. The third-order valence-electron chi connectivity index (χ3n) is 0. The van der Waals surface area contributed by atoms with Crippen molar-refractivity contribution in [2.45, 2.75) is 0 Å². The van der Waals surface area contributed by atoms with Crippen LogP contribution in [-0.2, 0) is 66.6 Å². The van der Waals surface area contributed by atoms with Gasteiger partial charge in [-0.2, -0.15) is 0 Å². The fourth-order valence-corrected chi connectivity index (χ4v) is 0. The second kappa shape index (κ2) is 25.7. The summed E-state index contributed by atoms with van der Waals surface area (Å²) in [4.78, 5) is 0. The second-order valence-electron chi connectivity index (χ2n) is 0. The van der Waals surface area contributed by atoms with Crippen LogP contribution in [0.4, 0.5) is 0 Å². The summed E-state index contributed by atoms with van der Waals surface area (Å²) in [5.74, 6) is 0. The van der Waals surface area contributed by atoms with E-state index in [2.05, 4.69) is 0 Å². The summed E-state index contributed by atoms with van der Waals surface area (Å²) >= 11 is 0. The molecule has 0 aliphatic rings. The minimum absolute atomic E-state index is 0. The average Bonchev–Trinajstić information content (AvgIpc) is 0. The Hall–Kier alpha value is 3.56. The summed E-state index contributed by atoms with van der Waals surface area (Å²) in [5.41, 5.74) is 0. The first-order chi connectivity index (χ1) is 0. The third kappa shape index (κ3) is 18.4. The zero-order chi connectivity index (χ0) is 0. The molecule has 0 aromatic heterocycles. The number of hydrogen-bond donors (Lipinski definition) is 0. The zero-order valence-corrected chi connectivity index (χ0v) is 11.1. The molecule has 6 radical (unpaired) electrons. The molecular formula is BCoFePrY. The first-order valence-corrected chi connectivity index (χ1v) is 0. The molecule has 0 aliphatic carbocycles. The zero-order valence-electron chi connectivity index (χ0n) is 2.42. The Bertz CT molecular complexity index is 11.6. The van der Waals surface area contributed by atoms with Gasteiger partial charge in [-0.05, 0) is 0 Å². The maximum atomic E-state index is 0. The van der Waals surface area contributed by atoms with Crippen LogP contribution in [0.3, 0.4) is 0 Å². The predicted molar refractivity (Wildman–Crippen MR) is 5.75 cm³/mol. The van der Waals surface area contributed by atoms with Crippen LogP contribution in [0, 0.1) is 41.3 Å². The van der Waals surface area contributed by atoms with Crippen molar-refractivity contribution in [1.82, 2.24) is 0 Å². The van der Waals surface area contributed by atoms with E-state index in [0.29, 0.717) is 0 Å². The third-order valence-corrected chi connectivity index (χ3v) is 0. The second-order valence-corrected chi connectivity index (χ2v) is 0. The van der Waals surface area contributed by atoms with Crippen molar-refractivity contribution in [2.75, 3.05) is 0 Å². The first-order valence-electron chi connectivity index (χ1n) is 0. The molecule has 0 spiro atoms. The van der Waals surface area contributed by atoms with Crippen molar-refractivity contribution in [3.63, 3.8) is 0 Å². The molecule has 5 heteroatoms. The Morgan fingerprint density at radius 1 is 1.00 bits per heavy atom. The molecular weight excluding hydrogens is 355 g/mol. The summed E-state index contributed by atoms with van der Waals surface area (Å²) in [5, 5.41) is 0. The fraction of sp³-hybridized carbons (Fsp3) is 0. The Balaban J connectivity index is 0. The van der Waals surface area contributed by atoms with Gasteiger partial charge in [0.2, 0.25) is 0 Å². The van der Waals surface area contributed by atoms with Gasteiger partial charge in [-0.3, -0.25) is 0 Å². The maximum absolute atomic E-state index is 0. The van der Waals surface area contributed by atoms with E-state index in [0.717, 1.165) is 0 Å². The predicted octanol–water partition coefficient (Wildman–Crippen LogP) is -0.388. The van der Waals surface area contributed by atoms with Gasteiger partial charge in [0.05, 0.1) is 0 Å². The van der Waals surface area contributed by atoms with Crippen LogP contribution >= 0.6 is 0 Å². The molecule has 0 atom stereocenters. The summed E-state index contributed by atoms with van der Waals surface area (Å²) < 4.78 is 0. The van der Waals surface area contributed by atoms with Gasteiger partial charge in [0.1, 0.15) is 0 Å². The molecule has 26 valence electrons. The normalized spacial score (nSPS) is 0. The molecule has 0 aromatic carbocycles. The van der Waals surface area contributed by atoms with E-state index in [-0.39, 0.29) is 116 Å². The van der Waals surface area contributed by atoms with Gasteiger partial charge in [0.25, 0.3) is 0 Å². The van der Waals surface area contributed by atoms with E-state index in [1.165, 1.54) is 0 Å². The largest absolute Gasteiger partial charge is 0 e. The number of rotatable bonds is 0. The molecule has 0 aliphatic heterocycles. The van der Waals surface area contributed by atoms with Gasteiger partial charge in [0.15, 0.2) is 0 Å². The molecule has 0 unspecified atom stereocenters. The first kappa shape index (κ1) is 38.6.